The number of ether oxygens (including phenoxy) is 1. The monoisotopic (exact) mass is 278 g/mol. The van der Waals surface area contributed by atoms with Crippen molar-refractivity contribution < 1.29 is 17.9 Å². The maximum Gasteiger partial charge on any atom is 0.410 e. The Hall–Kier alpha value is -0.820. The van der Waals surface area contributed by atoms with Gasteiger partial charge in [0.15, 0.2) is 0 Å². The Balaban J connectivity index is 2.59. The molecule has 1 saturated heterocycles. The molecule has 1 aliphatic rings. The van der Waals surface area contributed by atoms with Crippen molar-refractivity contribution in [3.8, 4) is 0 Å². The Kier molecular flexibility index (Phi) is 4.61. The first kappa shape index (κ1) is 15.2. The van der Waals surface area contributed by atoms with Crippen molar-refractivity contribution in [3.05, 3.63) is 0 Å². The summed E-state index contributed by atoms with van der Waals surface area (Å²) in [6.45, 7) is 8.08. The lowest BCUT2D eigenvalue weighted by Gasteiger charge is -2.24. The second kappa shape index (κ2) is 5.44. The minimum Gasteiger partial charge on any atom is -0.444 e. The summed E-state index contributed by atoms with van der Waals surface area (Å²) in [7, 11) is -3.32. The normalized spacial score (nSPS) is 21.1. The molecule has 106 valence electrons. The predicted molar refractivity (Wildman–Crippen MR) is 68.8 cm³/mol. The van der Waals surface area contributed by atoms with Crippen LogP contribution in [0.3, 0.4) is 0 Å². The number of carbonyl (C=O) groups is 1. The summed E-state index contributed by atoms with van der Waals surface area (Å²) in [6.07, 6.45) is 0.00545. The van der Waals surface area contributed by atoms with Crippen LogP contribution in [0, 0.1) is 0 Å². The first-order valence-corrected chi connectivity index (χ1v) is 7.67. The molecular weight excluding hydrogens is 256 g/mol. The first-order chi connectivity index (χ1) is 8.15. The highest BCUT2D eigenvalue weighted by Crippen LogP contribution is 2.19. The summed E-state index contributed by atoms with van der Waals surface area (Å²) in [6, 6.07) is 0. The average molecular weight is 278 g/mol. The Morgan fingerprint density at radius 1 is 1.44 bits per heavy atom. The summed E-state index contributed by atoms with van der Waals surface area (Å²) in [5, 5.41) is -0.537. The summed E-state index contributed by atoms with van der Waals surface area (Å²) in [4.78, 5) is 13.2. The summed E-state index contributed by atoms with van der Waals surface area (Å²) in [5.41, 5.74) is -0.560. The van der Waals surface area contributed by atoms with E-state index in [1.54, 1.807) is 27.7 Å². The van der Waals surface area contributed by atoms with Crippen molar-refractivity contribution in [2.45, 2.75) is 45.0 Å². The fourth-order valence-electron chi connectivity index (χ4n) is 1.79. The smallest absolute Gasteiger partial charge is 0.410 e. The lowest BCUT2D eigenvalue weighted by atomic mass is 10.2. The summed E-state index contributed by atoms with van der Waals surface area (Å²) < 4.78 is 31.3. The highest BCUT2D eigenvalue weighted by Gasteiger charge is 2.36. The minimum atomic E-state index is -3.32. The van der Waals surface area contributed by atoms with Crippen molar-refractivity contribution in [3.63, 3.8) is 0 Å². The summed E-state index contributed by atoms with van der Waals surface area (Å²) >= 11 is 0. The van der Waals surface area contributed by atoms with E-state index < -0.39 is 27.0 Å². The molecule has 1 N–H and O–H groups in total. The zero-order chi connectivity index (χ0) is 14.0. The van der Waals surface area contributed by atoms with Gasteiger partial charge < -0.3 is 9.64 Å². The molecule has 1 atom stereocenters. The molecule has 1 amide bonds. The van der Waals surface area contributed by atoms with Crippen molar-refractivity contribution in [1.29, 1.82) is 0 Å². The molecule has 0 radical (unpaired) electrons. The molecule has 0 saturated carbocycles. The van der Waals surface area contributed by atoms with Gasteiger partial charge in [-0.05, 0) is 27.2 Å². The van der Waals surface area contributed by atoms with Crippen LogP contribution in [-0.4, -0.2) is 49.9 Å². The largest absolute Gasteiger partial charge is 0.444 e. The molecule has 0 aromatic heterocycles. The molecule has 1 fully saturated rings. The van der Waals surface area contributed by atoms with Crippen molar-refractivity contribution >= 4 is 16.1 Å². The molecule has 0 bridgehead atoms. The van der Waals surface area contributed by atoms with Gasteiger partial charge in [-0.3, -0.25) is 0 Å². The Bertz CT molecular complexity index is 400. The molecule has 1 heterocycles. The number of rotatable bonds is 3. The standard InChI is InChI=1S/C11H22N2O4S/c1-5-12-18(15,16)9-6-7-13(8-9)10(14)17-11(2,3)4/h9,12H,5-8H2,1-4H3/t9-/m0/s1. The van der Waals surface area contributed by atoms with Crippen LogP contribution in [0.1, 0.15) is 34.1 Å². The van der Waals surface area contributed by atoms with E-state index in [0.717, 1.165) is 0 Å². The van der Waals surface area contributed by atoms with Gasteiger partial charge in [0.05, 0.1) is 5.25 Å². The third-order valence-corrected chi connectivity index (χ3v) is 4.53. The number of nitrogens with zero attached hydrogens (tertiary/aromatic N) is 1. The van der Waals surface area contributed by atoms with Gasteiger partial charge in [0.1, 0.15) is 5.60 Å². The second-order valence-corrected chi connectivity index (χ2v) is 7.43. The lowest BCUT2D eigenvalue weighted by molar-refractivity contribution is 0.0295. The zero-order valence-electron chi connectivity index (χ0n) is 11.4. The van der Waals surface area contributed by atoms with Crippen molar-refractivity contribution in [1.82, 2.24) is 9.62 Å². The van der Waals surface area contributed by atoms with Gasteiger partial charge >= 0.3 is 6.09 Å². The van der Waals surface area contributed by atoms with Crippen LogP contribution in [-0.2, 0) is 14.8 Å². The number of hydrogen-bond donors (Lipinski definition) is 1. The van der Waals surface area contributed by atoms with Gasteiger partial charge in [-0.2, -0.15) is 0 Å². The molecule has 18 heavy (non-hydrogen) atoms. The summed E-state index contributed by atoms with van der Waals surface area (Å²) in [5.74, 6) is 0. The molecule has 7 heteroatoms. The Morgan fingerprint density at radius 2 is 2.06 bits per heavy atom. The number of sulfonamides is 1. The molecule has 0 aromatic rings. The number of hydrogen-bond acceptors (Lipinski definition) is 4. The number of carbonyl (C=O) groups excluding carboxylic acids is 1. The van der Waals surface area contributed by atoms with Crippen LogP contribution in [0.2, 0.25) is 0 Å². The molecule has 0 aromatic carbocycles. The van der Waals surface area contributed by atoms with E-state index in [1.807, 2.05) is 0 Å². The average Bonchev–Trinajstić information content (AvgIpc) is 2.63. The van der Waals surface area contributed by atoms with E-state index in [1.165, 1.54) is 4.90 Å². The third kappa shape index (κ3) is 4.13. The maximum atomic E-state index is 11.8. The van der Waals surface area contributed by atoms with Gasteiger partial charge in [-0.1, -0.05) is 6.92 Å². The fraction of sp³-hybridized carbons (Fsp3) is 0.909. The van der Waals surface area contributed by atoms with Crippen molar-refractivity contribution in [2.75, 3.05) is 19.6 Å². The highest BCUT2D eigenvalue weighted by molar-refractivity contribution is 7.90. The van der Waals surface area contributed by atoms with Gasteiger partial charge in [0.25, 0.3) is 0 Å². The van der Waals surface area contributed by atoms with Crippen LogP contribution in [0.15, 0.2) is 0 Å². The first-order valence-electron chi connectivity index (χ1n) is 6.12. The van der Waals surface area contributed by atoms with Crippen LogP contribution in [0.5, 0.6) is 0 Å². The van der Waals surface area contributed by atoms with Gasteiger partial charge in [-0.25, -0.2) is 17.9 Å². The zero-order valence-corrected chi connectivity index (χ0v) is 12.2. The molecule has 6 nitrogen and oxygen atoms in total. The SMILES string of the molecule is CCNS(=O)(=O)[C@H]1CCN(C(=O)OC(C)(C)C)C1. The molecule has 1 aliphatic heterocycles. The predicted octanol–water partition coefficient (Wildman–Crippen LogP) is 0.935. The van der Waals surface area contributed by atoms with Crippen LogP contribution in [0.4, 0.5) is 4.79 Å². The van der Waals surface area contributed by atoms with Gasteiger partial charge in [0.2, 0.25) is 10.0 Å². The van der Waals surface area contributed by atoms with E-state index >= 15 is 0 Å². The highest BCUT2D eigenvalue weighted by atomic mass is 32.2. The quantitative estimate of drug-likeness (QED) is 0.833. The number of nitrogens with one attached hydrogen (secondary N) is 1. The third-order valence-electron chi connectivity index (χ3n) is 2.58. The number of amides is 1. The van der Waals surface area contributed by atoms with Crippen LogP contribution >= 0.6 is 0 Å². The van der Waals surface area contributed by atoms with Crippen LogP contribution in [0.25, 0.3) is 0 Å². The lowest BCUT2D eigenvalue weighted by Crippen LogP contribution is -2.39. The van der Waals surface area contributed by atoms with E-state index in [9.17, 15) is 13.2 Å². The Morgan fingerprint density at radius 3 is 2.56 bits per heavy atom. The van der Waals surface area contributed by atoms with E-state index in [-0.39, 0.29) is 6.54 Å². The van der Waals surface area contributed by atoms with Gasteiger partial charge in [0, 0.05) is 19.6 Å². The second-order valence-electron chi connectivity index (χ2n) is 5.38. The molecule has 0 unspecified atom stereocenters. The van der Waals surface area contributed by atoms with Crippen molar-refractivity contribution in [2.24, 2.45) is 0 Å². The fourth-order valence-corrected chi connectivity index (χ4v) is 3.22. The Labute approximate surface area is 109 Å². The molecule has 0 spiro atoms. The van der Waals surface area contributed by atoms with Crippen LogP contribution < -0.4 is 4.72 Å². The molecular formula is C11H22N2O4S. The van der Waals surface area contributed by atoms with Gasteiger partial charge in [-0.15, -0.1) is 0 Å². The van der Waals surface area contributed by atoms with E-state index in [4.69, 9.17) is 4.74 Å². The molecule has 0 aliphatic carbocycles. The molecule has 1 rings (SSSR count). The number of likely N-dealkylation sites (tertiary alicyclic amines) is 1. The minimum absolute atomic E-state index is 0.199. The van der Waals surface area contributed by atoms with E-state index in [0.29, 0.717) is 19.5 Å². The topological polar surface area (TPSA) is 75.7 Å². The van der Waals surface area contributed by atoms with E-state index in [2.05, 4.69) is 4.72 Å². The maximum absolute atomic E-state index is 11.8.